The molecule has 2 fully saturated rings. The molecule has 2 aliphatic heterocycles. The van der Waals surface area contributed by atoms with Crippen LogP contribution in [0.5, 0.6) is 0 Å². The third-order valence-corrected chi connectivity index (χ3v) is 9.34. The second kappa shape index (κ2) is 18.3. The van der Waals surface area contributed by atoms with Gasteiger partial charge in [-0.1, -0.05) is 45.7 Å². The molecule has 2 aliphatic rings. The van der Waals surface area contributed by atoms with Gasteiger partial charge in [-0.15, -0.1) is 12.4 Å². The number of hydrogen-bond donors (Lipinski definition) is 4. The molecule has 0 unspecified atom stereocenters. The van der Waals surface area contributed by atoms with Crippen molar-refractivity contribution in [1.29, 1.82) is 0 Å². The number of aromatic amines is 2. The first-order chi connectivity index (χ1) is 25.0. The Hall–Kier alpha value is -5.47. The van der Waals surface area contributed by atoms with Crippen LogP contribution >= 0.6 is 12.4 Å². The Bertz CT molecular complexity index is 1880. The Balaban J connectivity index is 0.00000627. The van der Waals surface area contributed by atoms with E-state index in [4.69, 9.17) is 9.47 Å². The van der Waals surface area contributed by atoms with Crippen molar-refractivity contribution >= 4 is 36.4 Å². The molecule has 2 aromatic heterocycles. The smallest absolute Gasteiger partial charge is 0.407 e. The van der Waals surface area contributed by atoms with Crippen molar-refractivity contribution < 1.29 is 28.7 Å². The van der Waals surface area contributed by atoms with Gasteiger partial charge in [0.15, 0.2) is 0 Å². The van der Waals surface area contributed by atoms with E-state index in [1.54, 1.807) is 22.2 Å². The molecule has 4 N–H and O–H groups in total. The largest absolute Gasteiger partial charge is 0.453 e. The molecule has 0 radical (unpaired) electrons. The first-order valence-corrected chi connectivity index (χ1v) is 17.5. The van der Waals surface area contributed by atoms with Gasteiger partial charge in [0.1, 0.15) is 29.4 Å². The number of benzene rings is 1. The van der Waals surface area contributed by atoms with Crippen LogP contribution in [0, 0.1) is 35.5 Å². The zero-order valence-corrected chi connectivity index (χ0v) is 31.6. The molecule has 4 atom stereocenters. The standard InChI is InChI=1S/C38H46N8O6.ClH/c1-23(2)31(43-37(49)51-5)35(47)45-19-9-13-29(45)33-39-21-27(41-33)12-8-7-11-25-15-17-26(18-16-25)28-22-40-34(42-28)30-14-10-20-46(30)36(48)32(24(3)4)44-38(50)52-6;/h15-18,21-24,29-32H,9-10,13-14,19-20H2,1-6H3,(H,39,41)(H,40,42)(H,43,49)(H,44,50);1H/t29-,30-,31+,32+;/m0./s1. The fraction of sp³-hybridized carbons (Fsp3) is 0.474. The molecule has 5 rings (SSSR count). The zero-order valence-electron chi connectivity index (χ0n) is 30.8. The van der Waals surface area contributed by atoms with Crippen LogP contribution in [0.4, 0.5) is 9.59 Å². The first-order valence-electron chi connectivity index (χ1n) is 17.5. The molecule has 0 bridgehead atoms. The van der Waals surface area contributed by atoms with Gasteiger partial charge in [0.25, 0.3) is 0 Å². The summed E-state index contributed by atoms with van der Waals surface area (Å²) < 4.78 is 9.44. The highest BCUT2D eigenvalue weighted by Gasteiger charge is 2.38. The number of imidazole rings is 2. The SMILES string of the molecule is COC(=O)N[C@@H](C(=O)N1CCC[C@H]1c1ncc(C#CC#Cc2ccc(-c3cnc([C@@H]4CCCN4C(=O)[C@H](NC(=O)OC)C(C)C)[nH]3)cc2)[nH]1)C(C)C.Cl. The number of likely N-dealkylation sites (tertiary alicyclic amines) is 2. The van der Waals surface area contributed by atoms with Gasteiger partial charge in [-0.25, -0.2) is 19.6 Å². The fourth-order valence-electron chi connectivity index (χ4n) is 6.54. The number of aromatic nitrogens is 4. The van der Waals surface area contributed by atoms with E-state index < -0.39 is 24.3 Å². The number of rotatable bonds is 9. The second-order valence-electron chi connectivity index (χ2n) is 13.5. The number of hydrogen-bond acceptors (Lipinski definition) is 8. The maximum atomic E-state index is 13.4. The van der Waals surface area contributed by atoms with Crippen LogP contribution in [0.2, 0.25) is 0 Å². The van der Waals surface area contributed by atoms with Gasteiger partial charge in [-0.2, -0.15) is 0 Å². The Morgan fingerprint density at radius 2 is 1.25 bits per heavy atom. The maximum Gasteiger partial charge on any atom is 0.407 e. The number of H-pyrrole nitrogens is 2. The van der Waals surface area contributed by atoms with Gasteiger partial charge in [-0.3, -0.25) is 9.59 Å². The fourth-order valence-corrected chi connectivity index (χ4v) is 6.54. The number of nitrogens with zero attached hydrogens (tertiary/aromatic N) is 4. The Morgan fingerprint density at radius 3 is 1.75 bits per heavy atom. The minimum atomic E-state index is -0.703. The molecule has 282 valence electrons. The highest BCUT2D eigenvalue weighted by Crippen LogP contribution is 2.33. The van der Waals surface area contributed by atoms with Crippen molar-refractivity contribution in [1.82, 2.24) is 40.4 Å². The van der Waals surface area contributed by atoms with Crippen molar-refractivity contribution in [2.75, 3.05) is 27.3 Å². The summed E-state index contributed by atoms with van der Waals surface area (Å²) in [4.78, 5) is 69.8. The monoisotopic (exact) mass is 746 g/mol. The highest BCUT2D eigenvalue weighted by atomic mass is 35.5. The van der Waals surface area contributed by atoms with Gasteiger partial charge in [0, 0.05) is 18.7 Å². The minimum absolute atomic E-state index is 0. The average Bonchev–Trinajstić information content (AvgIpc) is 3.97. The van der Waals surface area contributed by atoms with Crippen LogP contribution in [-0.2, 0) is 19.1 Å². The van der Waals surface area contributed by atoms with E-state index in [-0.39, 0.29) is 48.1 Å². The normalized spacial score (nSPS) is 17.5. The van der Waals surface area contributed by atoms with Gasteiger partial charge >= 0.3 is 12.2 Å². The lowest BCUT2D eigenvalue weighted by atomic mass is 10.0. The van der Waals surface area contributed by atoms with Gasteiger partial charge in [-0.05, 0) is 73.0 Å². The number of halogens is 1. The topological polar surface area (TPSA) is 175 Å². The highest BCUT2D eigenvalue weighted by molar-refractivity contribution is 5.87. The predicted octanol–water partition coefficient (Wildman–Crippen LogP) is 4.71. The van der Waals surface area contributed by atoms with E-state index >= 15 is 0 Å². The molecule has 4 heterocycles. The molecule has 3 aromatic rings. The van der Waals surface area contributed by atoms with Crippen LogP contribution in [0.3, 0.4) is 0 Å². The number of ether oxygens (including phenoxy) is 2. The molecule has 0 aliphatic carbocycles. The van der Waals surface area contributed by atoms with Crippen LogP contribution in [-0.4, -0.2) is 93.1 Å². The summed E-state index contributed by atoms with van der Waals surface area (Å²) in [6, 6.07) is 5.84. The predicted molar refractivity (Wildman–Crippen MR) is 199 cm³/mol. The van der Waals surface area contributed by atoms with Crippen molar-refractivity contribution in [3.63, 3.8) is 0 Å². The third kappa shape index (κ3) is 9.70. The number of carbonyl (C=O) groups excluding carboxylic acids is 4. The van der Waals surface area contributed by atoms with E-state index in [9.17, 15) is 19.2 Å². The average molecular weight is 747 g/mol. The molecule has 1 aromatic carbocycles. The van der Waals surface area contributed by atoms with Gasteiger partial charge < -0.3 is 39.9 Å². The second-order valence-corrected chi connectivity index (χ2v) is 13.5. The van der Waals surface area contributed by atoms with E-state index in [0.717, 1.165) is 42.5 Å². The number of carbonyl (C=O) groups is 4. The Kier molecular flexibility index (Phi) is 13.9. The lowest BCUT2D eigenvalue weighted by molar-refractivity contribution is -0.136. The summed E-state index contributed by atoms with van der Waals surface area (Å²) in [6.07, 6.45) is 5.30. The Labute approximate surface area is 316 Å². The lowest BCUT2D eigenvalue weighted by Gasteiger charge is -2.30. The molecular weight excluding hydrogens is 700 g/mol. The molecular formula is C38H47ClN8O6. The number of nitrogens with one attached hydrogen (secondary N) is 4. The van der Waals surface area contributed by atoms with Crippen LogP contribution in [0.1, 0.15) is 88.4 Å². The van der Waals surface area contributed by atoms with E-state index in [1.807, 2.05) is 52.0 Å². The third-order valence-electron chi connectivity index (χ3n) is 9.34. The summed E-state index contributed by atoms with van der Waals surface area (Å²) in [6.45, 7) is 8.68. The maximum absolute atomic E-state index is 13.4. The quantitative estimate of drug-likeness (QED) is 0.228. The summed E-state index contributed by atoms with van der Waals surface area (Å²) in [5.74, 6) is 12.6. The lowest BCUT2D eigenvalue weighted by Crippen LogP contribution is -2.51. The summed E-state index contributed by atoms with van der Waals surface area (Å²) >= 11 is 0. The van der Waals surface area contributed by atoms with E-state index in [0.29, 0.717) is 30.4 Å². The van der Waals surface area contributed by atoms with Crippen LogP contribution in [0.15, 0.2) is 36.7 Å². The van der Waals surface area contributed by atoms with Crippen LogP contribution < -0.4 is 10.6 Å². The number of amides is 4. The molecule has 4 amide bonds. The summed E-state index contributed by atoms with van der Waals surface area (Å²) in [7, 11) is 2.55. The summed E-state index contributed by atoms with van der Waals surface area (Å²) in [5.41, 5.74) is 3.11. The molecule has 2 saturated heterocycles. The number of alkyl carbamates (subject to hydrolysis) is 2. The van der Waals surface area contributed by atoms with Gasteiger partial charge in [0.2, 0.25) is 11.8 Å². The molecule has 0 saturated carbocycles. The van der Waals surface area contributed by atoms with Crippen molar-refractivity contribution in [2.24, 2.45) is 11.8 Å². The zero-order chi connectivity index (χ0) is 37.4. The molecule has 53 heavy (non-hydrogen) atoms. The van der Waals surface area contributed by atoms with Gasteiger partial charge in [0.05, 0.1) is 44.4 Å². The summed E-state index contributed by atoms with van der Waals surface area (Å²) in [5, 5.41) is 5.33. The minimum Gasteiger partial charge on any atom is -0.453 e. The van der Waals surface area contributed by atoms with E-state index in [2.05, 4.69) is 54.3 Å². The van der Waals surface area contributed by atoms with Crippen LogP contribution in [0.25, 0.3) is 11.3 Å². The van der Waals surface area contributed by atoms with Crippen molar-refractivity contribution in [2.45, 2.75) is 77.5 Å². The van der Waals surface area contributed by atoms with E-state index in [1.165, 1.54) is 14.2 Å². The molecule has 0 spiro atoms. The molecule has 15 heteroatoms. The first kappa shape index (κ1) is 40.3. The molecule has 14 nitrogen and oxygen atoms in total. The Morgan fingerprint density at radius 1 is 0.755 bits per heavy atom. The number of methoxy groups -OCH3 is 2. The van der Waals surface area contributed by atoms with Crippen molar-refractivity contribution in [3.05, 3.63) is 59.6 Å². The van der Waals surface area contributed by atoms with Crippen molar-refractivity contribution in [3.8, 4) is 34.9 Å².